The van der Waals surface area contributed by atoms with Crippen molar-refractivity contribution in [2.75, 3.05) is 14.2 Å². The van der Waals surface area contributed by atoms with E-state index in [4.69, 9.17) is 25.4 Å². The van der Waals surface area contributed by atoms with E-state index in [0.717, 1.165) is 53.7 Å². The van der Waals surface area contributed by atoms with Crippen LogP contribution in [0.15, 0.2) is 103 Å². The lowest BCUT2D eigenvalue weighted by Gasteiger charge is -2.29. The van der Waals surface area contributed by atoms with Gasteiger partial charge in [0.1, 0.15) is 30.5 Å². The van der Waals surface area contributed by atoms with Gasteiger partial charge in [-0.2, -0.15) is 0 Å². The minimum absolute atomic E-state index is 0.0262. The molecule has 0 unspecified atom stereocenters. The monoisotopic (exact) mass is 830 g/mol. The average molecular weight is 831 g/mol. The fourth-order valence-corrected chi connectivity index (χ4v) is 7.95. The number of nitrogens with one attached hydrogen (secondary N) is 3. The summed E-state index contributed by atoms with van der Waals surface area (Å²) in [7, 11) is 2.63. The number of carbonyl (C=O) groups is 2. The summed E-state index contributed by atoms with van der Waals surface area (Å²) >= 11 is 0. The Morgan fingerprint density at radius 3 is 1.89 bits per heavy atom. The van der Waals surface area contributed by atoms with E-state index in [0.29, 0.717) is 47.6 Å². The topological polar surface area (TPSA) is 145 Å². The molecule has 326 valence electrons. The number of hydrogen-bond donors (Lipinski definition) is 4. The molecular formula is C51H66N4O6. The first kappa shape index (κ1) is 46.5. The van der Waals surface area contributed by atoms with Gasteiger partial charge < -0.3 is 30.0 Å². The highest BCUT2D eigenvalue weighted by molar-refractivity contribution is 6.04. The quantitative estimate of drug-likeness (QED) is 0.0201. The van der Waals surface area contributed by atoms with E-state index < -0.39 is 12.1 Å². The molecule has 1 saturated carbocycles. The van der Waals surface area contributed by atoms with Crippen LogP contribution >= 0.6 is 0 Å². The molecule has 0 saturated heterocycles. The predicted molar refractivity (Wildman–Crippen MR) is 243 cm³/mol. The van der Waals surface area contributed by atoms with E-state index in [-0.39, 0.29) is 11.4 Å². The maximum atomic E-state index is 12.1. The van der Waals surface area contributed by atoms with Crippen molar-refractivity contribution in [2.45, 2.75) is 111 Å². The van der Waals surface area contributed by atoms with Crippen molar-refractivity contribution in [3.63, 3.8) is 0 Å². The number of esters is 1. The molecule has 4 aromatic carbocycles. The van der Waals surface area contributed by atoms with Crippen LogP contribution in [0.2, 0.25) is 0 Å². The summed E-state index contributed by atoms with van der Waals surface area (Å²) in [4.78, 5) is 23.4. The van der Waals surface area contributed by atoms with E-state index in [2.05, 4.69) is 91.6 Å². The summed E-state index contributed by atoms with van der Waals surface area (Å²) in [5.41, 5.74) is 13.7. The number of unbranched alkanes of at least 4 members (excludes halogenated alkanes) is 1. The first-order valence-corrected chi connectivity index (χ1v) is 21.5. The Labute approximate surface area is 363 Å². The van der Waals surface area contributed by atoms with Gasteiger partial charge in [-0.25, -0.2) is 9.59 Å². The van der Waals surface area contributed by atoms with Gasteiger partial charge in [-0.05, 0) is 146 Å². The van der Waals surface area contributed by atoms with Gasteiger partial charge in [0.05, 0.1) is 19.8 Å². The Kier molecular flexibility index (Phi) is 16.6. The number of amidine groups is 1. The fourth-order valence-electron chi connectivity index (χ4n) is 7.95. The number of carbonyl (C=O) groups excluding carboxylic acids is 2. The van der Waals surface area contributed by atoms with Gasteiger partial charge >= 0.3 is 12.1 Å². The lowest BCUT2D eigenvalue weighted by Crippen LogP contribution is -2.38. The Hall–Kier alpha value is -5.61. The van der Waals surface area contributed by atoms with Gasteiger partial charge in [0.25, 0.3) is 0 Å². The average Bonchev–Trinajstić information content (AvgIpc) is 3.98. The number of nitrogens with two attached hydrogens (primary N) is 1. The number of benzene rings is 4. The molecule has 1 aliphatic rings. The van der Waals surface area contributed by atoms with Gasteiger partial charge in [0.2, 0.25) is 0 Å². The van der Waals surface area contributed by atoms with E-state index >= 15 is 0 Å². The molecule has 0 aromatic heterocycles. The fraction of sp³-hybridized carbons (Fsp3) is 0.431. The summed E-state index contributed by atoms with van der Waals surface area (Å²) in [6.45, 7) is 13.1. The van der Waals surface area contributed by atoms with Gasteiger partial charge in [-0.15, -0.1) is 0 Å². The van der Waals surface area contributed by atoms with Crippen LogP contribution in [0, 0.1) is 22.7 Å². The van der Waals surface area contributed by atoms with Gasteiger partial charge in [-0.3, -0.25) is 10.7 Å². The number of hydrogen-bond acceptors (Lipinski definition) is 9. The van der Waals surface area contributed by atoms with E-state index in [1.807, 2.05) is 31.2 Å². The van der Waals surface area contributed by atoms with Crippen molar-refractivity contribution in [3.8, 4) is 11.5 Å². The summed E-state index contributed by atoms with van der Waals surface area (Å²) in [5.74, 6) is 2.56. The van der Waals surface area contributed by atoms with Crippen molar-refractivity contribution < 1.29 is 28.5 Å². The second-order valence-electron chi connectivity index (χ2n) is 17.8. The van der Waals surface area contributed by atoms with Crippen molar-refractivity contribution >= 4 is 23.6 Å². The molecule has 5 rings (SSSR count). The highest BCUT2D eigenvalue weighted by Gasteiger charge is 2.40. The van der Waals surface area contributed by atoms with Crippen LogP contribution in [0.5, 0.6) is 11.5 Å². The summed E-state index contributed by atoms with van der Waals surface area (Å²) < 4.78 is 21.6. The summed E-state index contributed by atoms with van der Waals surface area (Å²) in [5, 5.41) is 14.1. The zero-order chi connectivity index (χ0) is 44.0. The van der Waals surface area contributed by atoms with Gasteiger partial charge in [-0.1, -0.05) is 82.1 Å². The largest absolute Gasteiger partial charge is 0.489 e. The first-order chi connectivity index (χ1) is 29.2. The maximum Gasteiger partial charge on any atom is 0.412 e. The van der Waals surface area contributed by atoms with E-state index in [9.17, 15) is 9.59 Å². The van der Waals surface area contributed by atoms with Crippen LogP contribution in [0.3, 0.4) is 0 Å². The zero-order valence-electron chi connectivity index (χ0n) is 37.2. The van der Waals surface area contributed by atoms with Crippen LogP contribution in [0.1, 0.15) is 113 Å². The molecule has 2 atom stereocenters. The molecule has 1 amide bonds. The number of rotatable bonds is 22. The third kappa shape index (κ3) is 14.8. The molecule has 61 heavy (non-hydrogen) atoms. The SMILES string of the molecule is CC/C(C(=O)OC)=C(/N)c1ccc(OCc2cccc(C[C@H]3C[C@H]3CC(C)(C)CCCCC(C)(C)NCc3cccc(COc4ccc(C(=N)NC(=O)OC)cc4)c3)c2)cc1. The van der Waals surface area contributed by atoms with Crippen molar-refractivity contribution in [3.05, 3.63) is 136 Å². The smallest absolute Gasteiger partial charge is 0.412 e. The Balaban J connectivity index is 0.979. The molecule has 1 fully saturated rings. The summed E-state index contributed by atoms with van der Waals surface area (Å²) in [6, 6.07) is 31.9. The van der Waals surface area contributed by atoms with Crippen LogP contribution in [-0.4, -0.2) is 37.7 Å². The van der Waals surface area contributed by atoms with E-state index in [1.54, 1.807) is 24.3 Å². The van der Waals surface area contributed by atoms with Gasteiger partial charge in [0.15, 0.2) is 0 Å². The van der Waals surface area contributed by atoms with Crippen molar-refractivity contribution in [1.29, 1.82) is 5.41 Å². The molecule has 0 aliphatic heterocycles. The predicted octanol–water partition coefficient (Wildman–Crippen LogP) is 10.5. The second kappa shape index (κ2) is 21.8. The van der Waals surface area contributed by atoms with Crippen LogP contribution in [-0.2, 0) is 40.4 Å². The van der Waals surface area contributed by atoms with Crippen LogP contribution in [0.4, 0.5) is 4.79 Å². The Bertz CT molecular complexity index is 2110. The molecule has 0 bridgehead atoms. The van der Waals surface area contributed by atoms with E-state index in [1.165, 1.54) is 57.5 Å². The molecular weight excluding hydrogens is 765 g/mol. The highest BCUT2D eigenvalue weighted by Crippen LogP contribution is 2.49. The normalized spacial score (nSPS) is 15.3. The zero-order valence-corrected chi connectivity index (χ0v) is 37.2. The Morgan fingerprint density at radius 2 is 1.30 bits per heavy atom. The maximum absolute atomic E-state index is 12.1. The van der Waals surface area contributed by atoms with Crippen molar-refractivity contribution in [2.24, 2.45) is 23.0 Å². The standard InChI is InChI=1S/C51H66N4O6/c1-8-45(48(56)58-6)46(52)39-17-21-43(22-18-39)60-33-37-15-11-13-35(27-37)29-41-30-42(41)31-50(2,3)25-9-10-26-51(4,5)54-32-36-14-12-16-38(28-36)34-61-44-23-19-40(20-24-44)47(53)55-49(57)59-7/h11-24,27-28,41-42,54H,8-10,25-26,29-34,52H2,1-7H3,(H2,53,55,57)/b46-45-/t41-,42-/m0/s1. The lowest BCUT2D eigenvalue weighted by molar-refractivity contribution is -0.136. The summed E-state index contributed by atoms with van der Waals surface area (Å²) in [6.07, 6.45) is 8.32. The second-order valence-corrected chi connectivity index (χ2v) is 17.8. The molecule has 10 heteroatoms. The molecule has 5 N–H and O–H groups in total. The molecule has 10 nitrogen and oxygen atoms in total. The first-order valence-electron chi connectivity index (χ1n) is 21.5. The molecule has 0 spiro atoms. The van der Waals surface area contributed by atoms with Gasteiger partial charge in [0, 0.05) is 23.3 Å². The minimum atomic E-state index is -0.673. The lowest BCUT2D eigenvalue weighted by atomic mass is 9.80. The molecule has 0 radical (unpaired) electrons. The minimum Gasteiger partial charge on any atom is -0.489 e. The molecule has 1 aliphatic carbocycles. The number of alkyl carbamates (subject to hydrolysis) is 1. The number of amides is 1. The third-order valence-electron chi connectivity index (χ3n) is 11.7. The van der Waals surface area contributed by atoms with Crippen LogP contribution in [0.25, 0.3) is 5.70 Å². The Morgan fingerprint density at radius 1 is 0.738 bits per heavy atom. The number of ether oxygens (including phenoxy) is 4. The molecule has 4 aromatic rings. The highest BCUT2D eigenvalue weighted by atomic mass is 16.5. The molecule has 0 heterocycles. The third-order valence-corrected chi connectivity index (χ3v) is 11.7. The number of methoxy groups -OCH3 is 2. The van der Waals surface area contributed by atoms with Crippen LogP contribution < -0.4 is 25.8 Å². The van der Waals surface area contributed by atoms with Crippen molar-refractivity contribution in [1.82, 2.24) is 10.6 Å².